The average molecular weight is 487 g/mol. The zero-order chi connectivity index (χ0) is 18.8. The number of para-hydroxylation sites is 1. The minimum absolute atomic E-state index is 0. The molecule has 1 aromatic carbocycles. The molecule has 1 heterocycles. The SMILES string of the molecule is C=CCOc1ccccc1CN=C(NCC)NCC1CN(C)CCN1C.I. The zero-order valence-corrected chi connectivity index (χ0v) is 19.1. The Morgan fingerprint density at radius 3 is 2.81 bits per heavy atom. The summed E-state index contributed by atoms with van der Waals surface area (Å²) in [6.07, 6.45) is 1.75. The Morgan fingerprint density at radius 2 is 2.07 bits per heavy atom. The summed E-state index contributed by atoms with van der Waals surface area (Å²) in [7, 11) is 4.37. The molecule has 7 heteroatoms. The molecule has 1 fully saturated rings. The van der Waals surface area contributed by atoms with Crippen molar-refractivity contribution in [2.75, 3.05) is 53.4 Å². The van der Waals surface area contributed by atoms with Crippen LogP contribution in [0.3, 0.4) is 0 Å². The number of likely N-dealkylation sites (N-methyl/N-ethyl adjacent to an activating group) is 2. The Hall–Kier alpha value is -1.32. The van der Waals surface area contributed by atoms with Gasteiger partial charge in [-0.15, -0.1) is 24.0 Å². The van der Waals surface area contributed by atoms with E-state index in [1.807, 2.05) is 18.2 Å². The van der Waals surface area contributed by atoms with Gasteiger partial charge in [-0.3, -0.25) is 4.90 Å². The lowest BCUT2D eigenvalue weighted by Crippen LogP contribution is -2.55. The lowest BCUT2D eigenvalue weighted by atomic mass is 10.2. The molecule has 1 aliphatic rings. The number of nitrogens with one attached hydrogen (secondary N) is 2. The molecule has 1 aliphatic heterocycles. The standard InChI is InChI=1S/C20H33N5O.HI/c1-5-13-26-19-10-8-7-9-17(19)14-22-20(21-6-2)23-15-18-16-24(3)11-12-25(18)4;/h5,7-10,18H,1,6,11-16H2,2-4H3,(H2,21,22,23);1H. The first-order chi connectivity index (χ1) is 12.6. The minimum atomic E-state index is 0. The molecule has 2 N–H and O–H groups in total. The molecule has 0 bridgehead atoms. The van der Waals surface area contributed by atoms with Gasteiger partial charge in [0.1, 0.15) is 12.4 Å². The van der Waals surface area contributed by atoms with Gasteiger partial charge in [0, 0.05) is 44.3 Å². The van der Waals surface area contributed by atoms with Crippen LogP contribution in [0, 0.1) is 0 Å². The summed E-state index contributed by atoms with van der Waals surface area (Å²) in [5.41, 5.74) is 1.07. The summed E-state index contributed by atoms with van der Waals surface area (Å²) in [6, 6.07) is 8.50. The van der Waals surface area contributed by atoms with Crippen molar-refractivity contribution >= 4 is 29.9 Å². The maximum atomic E-state index is 5.72. The van der Waals surface area contributed by atoms with Crippen molar-refractivity contribution in [2.45, 2.75) is 19.5 Å². The van der Waals surface area contributed by atoms with Crippen LogP contribution in [0.15, 0.2) is 41.9 Å². The number of benzene rings is 1. The van der Waals surface area contributed by atoms with Gasteiger partial charge in [-0.25, -0.2) is 4.99 Å². The third-order valence-corrected chi connectivity index (χ3v) is 4.57. The van der Waals surface area contributed by atoms with Crippen LogP contribution in [0.5, 0.6) is 5.75 Å². The second kappa shape index (κ2) is 13.0. The first kappa shape index (κ1) is 23.7. The van der Waals surface area contributed by atoms with E-state index in [2.05, 4.69) is 54.1 Å². The fourth-order valence-electron chi connectivity index (χ4n) is 2.97. The first-order valence-corrected chi connectivity index (χ1v) is 9.36. The predicted molar refractivity (Wildman–Crippen MR) is 124 cm³/mol. The molecule has 0 spiro atoms. The summed E-state index contributed by atoms with van der Waals surface area (Å²) in [6.45, 7) is 11.9. The van der Waals surface area contributed by atoms with Gasteiger partial charge in [0.2, 0.25) is 0 Å². The van der Waals surface area contributed by atoms with Crippen LogP contribution < -0.4 is 15.4 Å². The topological polar surface area (TPSA) is 52.1 Å². The van der Waals surface area contributed by atoms with Crippen LogP contribution >= 0.6 is 24.0 Å². The molecule has 0 amide bonds. The summed E-state index contributed by atoms with van der Waals surface area (Å²) in [5.74, 6) is 1.70. The Morgan fingerprint density at radius 1 is 1.30 bits per heavy atom. The quantitative estimate of drug-likeness (QED) is 0.255. The largest absolute Gasteiger partial charge is 0.489 e. The van der Waals surface area contributed by atoms with Gasteiger partial charge in [-0.2, -0.15) is 0 Å². The van der Waals surface area contributed by atoms with E-state index in [4.69, 9.17) is 9.73 Å². The van der Waals surface area contributed by atoms with Crippen molar-refractivity contribution in [3.05, 3.63) is 42.5 Å². The number of aliphatic imine (C=N–C) groups is 1. The van der Waals surface area contributed by atoms with E-state index in [0.717, 1.165) is 50.0 Å². The van der Waals surface area contributed by atoms with Gasteiger partial charge >= 0.3 is 0 Å². The summed E-state index contributed by atoms with van der Waals surface area (Å²) in [4.78, 5) is 9.53. The Bertz CT molecular complexity index is 595. The molecular formula is C20H34IN5O. The molecule has 6 nitrogen and oxygen atoms in total. The maximum Gasteiger partial charge on any atom is 0.191 e. The van der Waals surface area contributed by atoms with E-state index < -0.39 is 0 Å². The number of guanidine groups is 1. The first-order valence-electron chi connectivity index (χ1n) is 9.36. The highest BCUT2D eigenvalue weighted by atomic mass is 127. The molecule has 0 aromatic heterocycles. The van der Waals surface area contributed by atoms with Crippen molar-refractivity contribution < 1.29 is 4.74 Å². The van der Waals surface area contributed by atoms with E-state index in [-0.39, 0.29) is 24.0 Å². The molecule has 1 saturated heterocycles. The average Bonchev–Trinajstić information content (AvgIpc) is 2.65. The van der Waals surface area contributed by atoms with Gasteiger partial charge in [0.05, 0.1) is 6.54 Å². The van der Waals surface area contributed by atoms with Crippen LogP contribution in [0.1, 0.15) is 12.5 Å². The predicted octanol–water partition coefficient (Wildman–Crippen LogP) is 2.17. The van der Waals surface area contributed by atoms with Gasteiger partial charge in [-0.1, -0.05) is 30.9 Å². The molecule has 0 aliphatic carbocycles. The molecule has 0 saturated carbocycles. The molecule has 0 radical (unpaired) electrons. The lowest BCUT2D eigenvalue weighted by Gasteiger charge is -2.37. The Labute approximate surface area is 181 Å². The van der Waals surface area contributed by atoms with Crippen LogP contribution in [0.25, 0.3) is 0 Å². The third kappa shape index (κ3) is 8.06. The summed E-state index contributed by atoms with van der Waals surface area (Å²) in [5, 5.41) is 6.82. The van der Waals surface area contributed by atoms with Crippen LogP contribution in [-0.2, 0) is 6.54 Å². The van der Waals surface area contributed by atoms with Crippen LogP contribution in [0.2, 0.25) is 0 Å². The number of hydrogen-bond donors (Lipinski definition) is 2. The van der Waals surface area contributed by atoms with Crippen molar-refractivity contribution in [3.63, 3.8) is 0 Å². The molecule has 27 heavy (non-hydrogen) atoms. The normalized spacial score (nSPS) is 18.5. The van der Waals surface area contributed by atoms with Crippen molar-refractivity contribution in [3.8, 4) is 5.75 Å². The number of halogens is 1. The fraction of sp³-hybridized carbons (Fsp3) is 0.550. The molecule has 1 aromatic rings. The van der Waals surface area contributed by atoms with E-state index in [0.29, 0.717) is 19.2 Å². The second-order valence-electron chi connectivity index (χ2n) is 6.68. The summed E-state index contributed by atoms with van der Waals surface area (Å²) >= 11 is 0. The highest BCUT2D eigenvalue weighted by Crippen LogP contribution is 2.18. The van der Waals surface area contributed by atoms with Crippen molar-refractivity contribution in [1.29, 1.82) is 0 Å². The number of ether oxygens (including phenoxy) is 1. The smallest absolute Gasteiger partial charge is 0.191 e. The van der Waals surface area contributed by atoms with Crippen molar-refractivity contribution in [1.82, 2.24) is 20.4 Å². The van der Waals surface area contributed by atoms with Crippen LogP contribution in [0.4, 0.5) is 0 Å². The molecular weight excluding hydrogens is 453 g/mol. The minimum Gasteiger partial charge on any atom is -0.489 e. The maximum absolute atomic E-state index is 5.72. The molecule has 2 rings (SSSR count). The lowest BCUT2D eigenvalue weighted by molar-refractivity contribution is 0.116. The highest BCUT2D eigenvalue weighted by Gasteiger charge is 2.22. The Kier molecular flexibility index (Phi) is 11.4. The molecule has 152 valence electrons. The van der Waals surface area contributed by atoms with E-state index in [1.165, 1.54) is 0 Å². The van der Waals surface area contributed by atoms with E-state index in [1.54, 1.807) is 6.08 Å². The third-order valence-electron chi connectivity index (χ3n) is 4.57. The van der Waals surface area contributed by atoms with Gasteiger partial charge in [0.15, 0.2) is 5.96 Å². The monoisotopic (exact) mass is 487 g/mol. The Balaban J connectivity index is 0.00000364. The van der Waals surface area contributed by atoms with Gasteiger partial charge in [0.25, 0.3) is 0 Å². The fourth-order valence-corrected chi connectivity index (χ4v) is 2.97. The number of piperazine rings is 1. The van der Waals surface area contributed by atoms with E-state index in [9.17, 15) is 0 Å². The summed E-state index contributed by atoms with van der Waals surface area (Å²) < 4.78 is 5.72. The van der Waals surface area contributed by atoms with Crippen LogP contribution in [-0.4, -0.2) is 75.2 Å². The second-order valence-corrected chi connectivity index (χ2v) is 6.68. The van der Waals surface area contributed by atoms with E-state index >= 15 is 0 Å². The molecule has 1 unspecified atom stereocenters. The number of nitrogens with zero attached hydrogens (tertiary/aromatic N) is 3. The van der Waals surface area contributed by atoms with Crippen molar-refractivity contribution in [2.24, 2.45) is 4.99 Å². The van der Waals surface area contributed by atoms with Gasteiger partial charge < -0.3 is 20.3 Å². The zero-order valence-electron chi connectivity index (χ0n) is 16.8. The number of hydrogen-bond acceptors (Lipinski definition) is 4. The van der Waals surface area contributed by atoms with Gasteiger partial charge in [-0.05, 0) is 27.1 Å². The highest BCUT2D eigenvalue weighted by molar-refractivity contribution is 14.0. The number of rotatable bonds is 8. The molecule has 1 atom stereocenters.